The monoisotopic (exact) mass is 364 g/mol. The second-order valence-electron chi connectivity index (χ2n) is 4.28. The average molecular weight is 365 g/mol. The minimum absolute atomic E-state index is 0.0807. The number of aliphatic hydroxyl groups excluding tert-OH is 1. The Labute approximate surface area is 132 Å². The van der Waals surface area contributed by atoms with Gasteiger partial charge in [0.2, 0.25) is 5.76 Å². The Kier molecular flexibility index (Phi) is 4.19. The Morgan fingerprint density at radius 1 is 1.36 bits per heavy atom. The van der Waals surface area contributed by atoms with Crippen LogP contribution in [0.2, 0.25) is 0 Å². The van der Waals surface area contributed by atoms with Gasteiger partial charge in [0.05, 0.1) is 0 Å². The number of hydrogen-bond donors (Lipinski definition) is 3. The third-order valence-electron chi connectivity index (χ3n) is 2.78. The second-order valence-corrected chi connectivity index (χ2v) is 5.19. The lowest BCUT2D eigenvalue weighted by molar-refractivity contribution is -0.112. The molecule has 0 saturated carbocycles. The Morgan fingerprint density at radius 3 is 2.59 bits per heavy atom. The van der Waals surface area contributed by atoms with Gasteiger partial charge in [-0.1, -0.05) is 15.9 Å². The molecule has 0 saturated heterocycles. The number of carbonyl (C=O) groups excluding carboxylic acids is 1. The first-order valence-electron chi connectivity index (χ1n) is 5.91. The summed E-state index contributed by atoms with van der Waals surface area (Å²) in [6, 6.07) is 6.32. The van der Waals surface area contributed by atoms with Crippen LogP contribution < -0.4 is 5.32 Å². The molecular formula is C14H9BrN2O5. The number of halogens is 1. The van der Waals surface area contributed by atoms with E-state index in [-0.39, 0.29) is 11.3 Å². The number of carboxylic acids is 1. The quantitative estimate of drug-likeness (QED) is 0.436. The lowest BCUT2D eigenvalue weighted by atomic mass is 10.2. The number of furan rings is 1. The van der Waals surface area contributed by atoms with E-state index >= 15 is 0 Å². The number of fused-ring (bicyclic) bond motifs is 1. The van der Waals surface area contributed by atoms with Crippen LogP contribution in [0.3, 0.4) is 0 Å². The summed E-state index contributed by atoms with van der Waals surface area (Å²) in [4.78, 5) is 23.2. The smallest absolute Gasteiger partial charge is 0.374 e. The number of benzene rings is 1. The third-order valence-corrected chi connectivity index (χ3v) is 3.28. The number of allylic oxidation sites excluding steroid dienone is 1. The van der Waals surface area contributed by atoms with Crippen molar-refractivity contribution in [2.24, 2.45) is 0 Å². The molecule has 1 aromatic carbocycles. The van der Waals surface area contributed by atoms with Gasteiger partial charge in [0.15, 0.2) is 5.57 Å². The van der Waals surface area contributed by atoms with E-state index in [1.807, 2.05) is 0 Å². The predicted molar refractivity (Wildman–Crippen MR) is 80.4 cm³/mol. The molecule has 7 nitrogen and oxygen atoms in total. The van der Waals surface area contributed by atoms with Crippen LogP contribution >= 0.6 is 15.9 Å². The molecule has 8 heteroatoms. The maximum Gasteiger partial charge on any atom is 0.374 e. The zero-order valence-electron chi connectivity index (χ0n) is 11.2. The number of amides is 1. The van der Waals surface area contributed by atoms with Crippen molar-refractivity contribution in [1.29, 1.82) is 5.26 Å². The van der Waals surface area contributed by atoms with Crippen molar-refractivity contribution in [3.8, 4) is 6.07 Å². The summed E-state index contributed by atoms with van der Waals surface area (Å²) in [6.45, 7) is 1.18. The first-order valence-corrected chi connectivity index (χ1v) is 6.71. The molecule has 1 aromatic heterocycles. The van der Waals surface area contributed by atoms with Gasteiger partial charge in [-0.25, -0.2) is 4.79 Å². The van der Waals surface area contributed by atoms with Crippen molar-refractivity contribution < 1.29 is 24.2 Å². The van der Waals surface area contributed by atoms with Gasteiger partial charge in [-0.3, -0.25) is 4.79 Å². The van der Waals surface area contributed by atoms with Crippen molar-refractivity contribution >= 4 is 44.5 Å². The summed E-state index contributed by atoms with van der Waals surface area (Å²) in [5, 5.41) is 30.0. The maximum absolute atomic E-state index is 12.0. The summed E-state index contributed by atoms with van der Waals surface area (Å²) >= 11 is 3.24. The summed E-state index contributed by atoms with van der Waals surface area (Å²) < 4.78 is 5.85. The molecule has 0 fully saturated rings. The minimum Gasteiger partial charge on any atom is -0.511 e. The zero-order valence-corrected chi connectivity index (χ0v) is 12.8. The number of nitrogens with one attached hydrogen (secondary N) is 1. The van der Waals surface area contributed by atoms with E-state index < -0.39 is 29.0 Å². The van der Waals surface area contributed by atoms with E-state index in [4.69, 9.17) is 9.68 Å². The highest BCUT2D eigenvalue weighted by molar-refractivity contribution is 9.10. The number of carboxylic acid groups (broad SMARTS) is 1. The van der Waals surface area contributed by atoms with Crippen LogP contribution in [0.15, 0.2) is 38.4 Å². The third kappa shape index (κ3) is 2.80. The standard InChI is InChI=1S/C14H9BrN2O5/c1-6(18)9(5-16)13(19)17-11-8-4-7(15)2-3-10(8)22-12(11)14(20)21/h2-4,18H,1H3,(H,17,19)(H,20,21)/b9-6+. The van der Waals surface area contributed by atoms with E-state index in [1.54, 1.807) is 24.3 Å². The summed E-state index contributed by atoms with van der Waals surface area (Å²) in [7, 11) is 0. The summed E-state index contributed by atoms with van der Waals surface area (Å²) in [5.41, 5.74) is -0.331. The lowest BCUT2D eigenvalue weighted by Gasteiger charge is -2.04. The number of hydrogen-bond acceptors (Lipinski definition) is 5. The van der Waals surface area contributed by atoms with Crippen molar-refractivity contribution in [3.05, 3.63) is 39.8 Å². The fourth-order valence-corrected chi connectivity index (χ4v) is 2.18. The molecule has 1 heterocycles. The number of nitrogens with zero attached hydrogens (tertiary/aromatic N) is 1. The first kappa shape index (κ1) is 15.6. The summed E-state index contributed by atoms with van der Waals surface area (Å²) in [6.07, 6.45) is 0. The molecular weight excluding hydrogens is 356 g/mol. The molecule has 1 amide bonds. The lowest BCUT2D eigenvalue weighted by Crippen LogP contribution is -2.16. The largest absolute Gasteiger partial charge is 0.511 e. The molecule has 0 aliphatic rings. The van der Waals surface area contributed by atoms with Crippen LogP contribution in [0, 0.1) is 11.3 Å². The summed E-state index contributed by atoms with van der Waals surface area (Å²) in [5.74, 6) is -3.22. The van der Waals surface area contributed by atoms with Crippen molar-refractivity contribution in [2.45, 2.75) is 6.92 Å². The van der Waals surface area contributed by atoms with E-state index in [9.17, 15) is 19.8 Å². The molecule has 0 atom stereocenters. The number of carbonyl (C=O) groups is 2. The molecule has 0 aliphatic carbocycles. The van der Waals surface area contributed by atoms with Gasteiger partial charge < -0.3 is 19.9 Å². The Morgan fingerprint density at radius 2 is 2.05 bits per heavy atom. The van der Waals surface area contributed by atoms with Crippen LogP contribution in [-0.4, -0.2) is 22.1 Å². The molecule has 22 heavy (non-hydrogen) atoms. The minimum atomic E-state index is -1.37. The van der Waals surface area contributed by atoms with Gasteiger partial charge in [-0.15, -0.1) is 0 Å². The van der Waals surface area contributed by atoms with Crippen molar-refractivity contribution in [1.82, 2.24) is 0 Å². The fraction of sp³-hybridized carbons (Fsp3) is 0.0714. The molecule has 0 aliphatic heterocycles. The van der Waals surface area contributed by atoms with Crippen LogP contribution in [0.5, 0.6) is 0 Å². The van der Waals surface area contributed by atoms with E-state index in [0.29, 0.717) is 9.86 Å². The number of aromatic carboxylic acids is 1. The molecule has 0 spiro atoms. The zero-order chi connectivity index (χ0) is 16.4. The topological polar surface area (TPSA) is 124 Å². The molecule has 0 unspecified atom stereocenters. The normalized spacial score (nSPS) is 11.7. The highest BCUT2D eigenvalue weighted by atomic mass is 79.9. The number of nitriles is 1. The molecule has 2 aromatic rings. The van der Waals surface area contributed by atoms with Crippen LogP contribution in [0.1, 0.15) is 17.5 Å². The number of anilines is 1. The number of rotatable bonds is 3. The second kappa shape index (κ2) is 5.91. The van der Waals surface area contributed by atoms with Crippen molar-refractivity contribution in [2.75, 3.05) is 5.32 Å². The highest BCUT2D eigenvalue weighted by Crippen LogP contribution is 2.33. The first-order chi connectivity index (χ1) is 10.3. The highest BCUT2D eigenvalue weighted by Gasteiger charge is 2.23. The van der Waals surface area contributed by atoms with Crippen LogP contribution in [0.4, 0.5) is 5.69 Å². The van der Waals surface area contributed by atoms with E-state index in [2.05, 4.69) is 21.2 Å². The van der Waals surface area contributed by atoms with Gasteiger partial charge in [-0.05, 0) is 25.1 Å². The maximum atomic E-state index is 12.0. The van der Waals surface area contributed by atoms with Crippen molar-refractivity contribution in [3.63, 3.8) is 0 Å². The molecule has 0 bridgehead atoms. The van der Waals surface area contributed by atoms with Gasteiger partial charge >= 0.3 is 5.97 Å². The van der Waals surface area contributed by atoms with Crippen LogP contribution in [-0.2, 0) is 4.79 Å². The fourth-order valence-electron chi connectivity index (χ4n) is 1.82. The SMILES string of the molecule is C/C(O)=C(/C#N)C(=O)Nc1c(C(=O)O)oc2ccc(Br)cc12. The molecule has 0 radical (unpaired) electrons. The van der Waals surface area contributed by atoms with Gasteiger partial charge in [-0.2, -0.15) is 5.26 Å². The predicted octanol–water partition coefficient (Wildman–Crippen LogP) is 3.19. The number of aliphatic hydroxyl groups is 1. The van der Waals surface area contributed by atoms with Gasteiger partial charge in [0.1, 0.15) is 23.1 Å². The van der Waals surface area contributed by atoms with Gasteiger partial charge in [0, 0.05) is 9.86 Å². The van der Waals surface area contributed by atoms with E-state index in [0.717, 1.165) is 0 Å². The average Bonchev–Trinajstić information content (AvgIpc) is 2.77. The molecule has 112 valence electrons. The Hall–Kier alpha value is -2.79. The Balaban J connectivity index is 2.59. The molecule has 2 rings (SSSR count). The van der Waals surface area contributed by atoms with Gasteiger partial charge in [0.25, 0.3) is 5.91 Å². The van der Waals surface area contributed by atoms with Crippen LogP contribution in [0.25, 0.3) is 11.0 Å². The molecule has 3 N–H and O–H groups in total. The van der Waals surface area contributed by atoms with E-state index in [1.165, 1.54) is 6.92 Å². The Bertz CT molecular complexity index is 856.